The summed E-state index contributed by atoms with van der Waals surface area (Å²) < 4.78 is 1.11. The lowest BCUT2D eigenvalue weighted by atomic mass is 9.43. The average molecular weight is 587 g/mol. The molecule has 1 amide bonds. The Labute approximate surface area is 238 Å². The number of fused-ring (bicyclic) bond motifs is 6. The van der Waals surface area contributed by atoms with Gasteiger partial charge in [0.1, 0.15) is 0 Å². The summed E-state index contributed by atoms with van der Waals surface area (Å²) in [5.74, 6) is 3.77. The summed E-state index contributed by atoms with van der Waals surface area (Å²) >= 11 is 3.57. The second kappa shape index (κ2) is 10.2. The lowest BCUT2D eigenvalue weighted by Crippen LogP contribution is -2.58. The fraction of sp³-hybridized carbons (Fsp3) is 0.788. The van der Waals surface area contributed by atoms with Gasteiger partial charge in [0.05, 0.1) is 12.2 Å². The summed E-state index contributed by atoms with van der Waals surface area (Å²) in [4.78, 5) is 15.3. The molecule has 1 heterocycles. The van der Waals surface area contributed by atoms with Gasteiger partial charge >= 0.3 is 0 Å². The van der Waals surface area contributed by atoms with Gasteiger partial charge < -0.3 is 15.1 Å². The topological polar surface area (TPSA) is 60.8 Å². The van der Waals surface area contributed by atoms with E-state index in [0.29, 0.717) is 47.8 Å². The maximum Gasteiger partial charge on any atom is 0.222 e. The fourth-order valence-electron chi connectivity index (χ4n) is 10.6. The van der Waals surface area contributed by atoms with E-state index < -0.39 is 0 Å². The van der Waals surface area contributed by atoms with E-state index in [4.69, 9.17) is 0 Å². The van der Waals surface area contributed by atoms with Crippen LogP contribution in [-0.2, 0) is 17.8 Å². The third-order valence-electron chi connectivity index (χ3n) is 12.9. The third-order valence-corrected chi connectivity index (χ3v) is 13.3. The van der Waals surface area contributed by atoms with Gasteiger partial charge in [-0.05, 0) is 134 Å². The number of amides is 1. The van der Waals surface area contributed by atoms with Crippen molar-refractivity contribution in [2.75, 3.05) is 6.54 Å². The van der Waals surface area contributed by atoms with E-state index in [-0.39, 0.29) is 23.0 Å². The van der Waals surface area contributed by atoms with Crippen molar-refractivity contribution >= 4 is 21.8 Å². The number of aliphatic hydroxyl groups excluding tert-OH is 2. The van der Waals surface area contributed by atoms with Crippen molar-refractivity contribution < 1.29 is 15.0 Å². The molecule has 0 radical (unpaired) electrons. The van der Waals surface area contributed by atoms with Crippen LogP contribution in [-0.4, -0.2) is 39.8 Å². The molecule has 38 heavy (non-hydrogen) atoms. The van der Waals surface area contributed by atoms with Crippen molar-refractivity contribution in [3.05, 3.63) is 33.8 Å². The van der Waals surface area contributed by atoms with Crippen LogP contribution in [0.5, 0.6) is 0 Å². The summed E-state index contributed by atoms with van der Waals surface area (Å²) in [6.07, 6.45) is 11.0. The molecule has 2 N–H and O–H groups in total. The Morgan fingerprint density at radius 3 is 2.71 bits per heavy atom. The molecule has 210 valence electrons. The summed E-state index contributed by atoms with van der Waals surface area (Å²) in [6.45, 7) is 8.81. The molecule has 4 aliphatic carbocycles. The Kier molecular flexibility index (Phi) is 7.30. The first-order chi connectivity index (χ1) is 18.1. The molecular weight excluding hydrogens is 538 g/mol. The maximum atomic E-state index is 13.3. The molecule has 0 unspecified atom stereocenters. The van der Waals surface area contributed by atoms with Gasteiger partial charge in [-0.2, -0.15) is 0 Å². The Hall–Kier alpha value is -0.910. The first-order valence-electron chi connectivity index (χ1n) is 15.5. The van der Waals surface area contributed by atoms with Gasteiger partial charge in [0.15, 0.2) is 0 Å². The molecule has 1 aromatic rings. The van der Waals surface area contributed by atoms with Crippen LogP contribution in [0.3, 0.4) is 0 Å². The van der Waals surface area contributed by atoms with Crippen LogP contribution >= 0.6 is 15.9 Å². The molecule has 5 heteroatoms. The summed E-state index contributed by atoms with van der Waals surface area (Å²) in [5, 5.41) is 22.2. The Balaban J connectivity index is 1.11. The highest BCUT2D eigenvalue weighted by atomic mass is 79.9. The molecule has 0 bridgehead atoms. The SMILES string of the molecule is C[C@H](CCC(=O)N1CCc2cc(Br)ccc2C1)[C@H]1CC[C@H]2[C@@H]3CC[C@@H]4C[C@H](O)CC[C@]4(C)[C@H]3C[C@H](O)[C@]12C. The summed E-state index contributed by atoms with van der Waals surface area (Å²) in [6, 6.07) is 6.43. The van der Waals surface area contributed by atoms with E-state index in [0.717, 1.165) is 56.1 Å². The monoisotopic (exact) mass is 585 g/mol. The van der Waals surface area contributed by atoms with Gasteiger partial charge in [-0.15, -0.1) is 0 Å². The van der Waals surface area contributed by atoms with E-state index in [2.05, 4.69) is 59.8 Å². The number of nitrogens with zero attached hydrogens (tertiary/aromatic N) is 1. The highest BCUT2D eigenvalue weighted by molar-refractivity contribution is 9.10. The molecule has 6 rings (SSSR count). The zero-order chi connectivity index (χ0) is 26.8. The number of carbonyl (C=O) groups is 1. The maximum absolute atomic E-state index is 13.3. The third kappa shape index (κ3) is 4.42. The van der Waals surface area contributed by atoms with E-state index in [1.807, 2.05) is 0 Å². The van der Waals surface area contributed by atoms with E-state index in [9.17, 15) is 15.0 Å². The lowest BCUT2D eigenvalue weighted by Gasteiger charge is -2.62. The Morgan fingerprint density at radius 1 is 1.08 bits per heavy atom. The normalized spacial score (nSPS) is 43.0. The molecule has 5 aliphatic rings. The highest BCUT2D eigenvalue weighted by Crippen LogP contribution is 2.68. The predicted molar refractivity (Wildman–Crippen MR) is 154 cm³/mol. The predicted octanol–water partition coefficient (Wildman–Crippen LogP) is 6.74. The minimum absolute atomic E-state index is 0.0293. The van der Waals surface area contributed by atoms with Crippen LogP contribution in [0.1, 0.15) is 96.1 Å². The molecular formula is C33H48BrNO3. The summed E-state index contributed by atoms with van der Waals surface area (Å²) in [5.41, 5.74) is 2.89. The number of benzene rings is 1. The molecule has 0 aromatic heterocycles. The number of carbonyl (C=O) groups excluding carboxylic acids is 1. The van der Waals surface area contributed by atoms with Gasteiger partial charge in [-0.25, -0.2) is 0 Å². The molecule has 1 aliphatic heterocycles. The molecule has 0 spiro atoms. The number of hydrogen-bond donors (Lipinski definition) is 2. The highest BCUT2D eigenvalue weighted by Gasteiger charge is 2.63. The second-order valence-corrected chi connectivity index (χ2v) is 15.3. The minimum Gasteiger partial charge on any atom is -0.393 e. The number of aliphatic hydroxyl groups is 2. The van der Waals surface area contributed by atoms with Crippen LogP contribution in [0.4, 0.5) is 0 Å². The van der Waals surface area contributed by atoms with Crippen LogP contribution < -0.4 is 0 Å². The largest absolute Gasteiger partial charge is 0.393 e. The van der Waals surface area contributed by atoms with Crippen LogP contribution in [0.15, 0.2) is 22.7 Å². The van der Waals surface area contributed by atoms with Crippen LogP contribution in [0, 0.1) is 46.3 Å². The van der Waals surface area contributed by atoms with Crippen LogP contribution in [0.2, 0.25) is 0 Å². The van der Waals surface area contributed by atoms with Crippen molar-refractivity contribution in [2.45, 2.75) is 110 Å². The van der Waals surface area contributed by atoms with Crippen molar-refractivity contribution in [1.82, 2.24) is 4.90 Å². The smallest absolute Gasteiger partial charge is 0.222 e. The Morgan fingerprint density at radius 2 is 1.89 bits per heavy atom. The molecule has 10 atom stereocenters. The van der Waals surface area contributed by atoms with Gasteiger partial charge in [-0.1, -0.05) is 42.8 Å². The summed E-state index contributed by atoms with van der Waals surface area (Å²) in [7, 11) is 0. The van der Waals surface area contributed by atoms with E-state index in [1.165, 1.54) is 36.8 Å². The molecule has 1 aromatic carbocycles. The van der Waals surface area contributed by atoms with Crippen molar-refractivity contribution in [3.63, 3.8) is 0 Å². The fourth-order valence-corrected chi connectivity index (χ4v) is 11.0. The van der Waals surface area contributed by atoms with Gasteiger partial charge in [0, 0.05) is 24.0 Å². The van der Waals surface area contributed by atoms with Crippen molar-refractivity contribution in [1.29, 1.82) is 0 Å². The Bertz CT molecular complexity index is 1060. The second-order valence-electron chi connectivity index (χ2n) is 14.4. The molecule has 4 nitrogen and oxygen atoms in total. The van der Waals surface area contributed by atoms with Crippen molar-refractivity contribution in [3.8, 4) is 0 Å². The average Bonchev–Trinajstić information content (AvgIpc) is 3.26. The quantitative estimate of drug-likeness (QED) is 0.411. The van der Waals surface area contributed by atoms with Gasteiger partial charge in [-0.3, -0.25) is 4.79 Å². The molecule has 4 saturated carbocycles. The van der Waals surface area contributed by atoms with Gasteiger partial charge in [0.25, 0.3) is 0 Å². The zero-order valence-electron chi connectivity index (χ0n) is 23.7. The number of halogens is 1. The molecule has 0 saturated heterocycles. The minimum atomic E-state index is -0.250. The number of rotatable bonds is 4. The van der Waals surface area contributed by atoms with Gasteiger partial charge in [0.2, 0.25) is 5.91 Å². The molecule has 4 fully saturated rings. The van der Waals surface area contributed by atoms with E-state index in [1.54, 1.807) is 0 Å². The first kappa shape index (κ1) is 27.3. The van der Waals surface area contributed by atoms with Crippen molar-refractivity contribution in [2.24, 2.45) is 46.3 Å². The van der Waals surface area contributed by atoms with Crippen LogP contribution in [0.25, 0.3) is 0 Å². The first-order valence-corrected chi connectivity index (χ1v) is 16.3. The van der Waals surface area contributed by atoms with E-state index >= 15 is 0 Å². The zero-order valence-corrected chi connectivity index (χ0v) is 25.3. The number of hydrogen-bond acceptors (Lipinski definition) is 3. The standard InChI is InChI=1S/C33H48BrNO3/c1-20(4-11-31(38)35-15-13-21-16-24(34)7-5-22(21)19-35)27-9-10-28-26-8-6-23-17-25(36)12-14-32(23,2)29(26)18-30(37)33(27,28)3/h5,7,16,20,23,25-30,36-37H,4,6,8-15,17-19H2,1-3H3/t20-,23-,25-,26+,27-,28+,29+,30+,32+,33-/m1/s1. The lowest BCUT2D eigenvalue weighted by molar-refractivity contribution is -0.175.